The average Bonchev–Trinajstić information content (AvgIpc) is 3.13. The SMILES string of the molecule is N[C@@H](CCC(=O)N[C@@H](CS)C(=O)N(CC(=O)O)CC1c2ccccc2-c2ccccc21)C(=O)O. The van der Waals surface area contributed by atoms with E-state index < -0.39 is 42.4 Å². The number of carbonyl (C=O) groups is 4. The predicted octanol–water partition coefficient (Wildman–Crippen LogP) is 1.32. The monoisotopic (exact) mass is 485 g/mol. The van der Waals surface area contributed by atoms with Gasteiger partial charge in [0.25, 0.3) is 0 Å². The second-order valence-corrected chi connectivity index (χ2v) is 8.49. The van der Waals surface area contributed by atoms with E-state index in [1.165, 1.54) is 4.90 Å². The Hall–Kier alpha value is -3.37. The fourth-order valence-corrected chi connectivity index (χ4v) is 4.40. The van der Waals surface area contributed by atoms with E-state index in [0.29, 0.717) is 0 Å². The first kappa shape index (κ1) is 25.3. The van der Waals surface area contributed by atoms with Crippen molar-refractivity contribution in [2.45, 2.75) is 30.8 Å². The van der Waals surface area contributed by atoms with Crippen LogP contribution in [0.25, 0.3) is 11.1 Å². The number of nitrogens with zero attached hydrogens (tertiary/aromatic N) is 1. The van der Waals surface area contributed by atoms with Crippen molar-refractivity contribution < 1.29 is 29.4 Å². The summed E-state index contributed by atoms with van der Waals surface area (Å²) in [6, 6.07) is 13.3. The van der Waals surface area contributed by atoms with Gasteiger partial charge in [0.15, 0.2) is 0 Å². The average molecular weight is 486 g/mol. The van der Waals surface area contributed by atoms with Crippen molar-refractivity contribution >= 4 is 36.4 Å². The molecule has 0 aliphatic heterocycles. The summed E-state index contributed by atoms with van der Waals surface area (Å²) in [5.74, 6) is -3.81. The van der Waals surface area contributed by atoms with Crippen molar-refractivity contribution in [2.75, 3.05) is 18.8 Å². The van der Waals surface area contributed by atoms with Gasteiger partial charge in [-0.15, -0.1) is 0 Å². The molecule has 0 unspecified atom stereocenters. The van der Waals surface area contributed by atoms with Gasteiger partial charge >= 0.3 is 11.9 Å². The number of fused-ring (bicyclic) bond motifs is 3. The lowest BCUT2D eigenvalue weighted by Crippen LogP contribution is -2.52. The van der Waals surface area contributed by atoms with Crippen LogP contribution in [0.2, 0.25) is 0 Å². The summed E-state index contributed by atoms with van der Waals surface area (Å²) in [6.07, 6.45) is -0.281. The summed E-state index contributed by atoms with van der Waals surface area (Å²) in [7, 11) is 0. The number of benzene rings is 2. The number of nitrogens with one attached hydrogen (secondary N) is 1. The molecule has 0 aromatic heterocycles. The van der Waals surface area contributed by atoms with Gasteiger partial charge in [-0.3, -0.25) is 19.2 Å². The van der Waals surface area contributed by atoms with Crippen LogP contribution in [-0.2, 0) is 19.2 Å². The fourth-order valence-electron chi connectivity index (χ4n) is 4.16. The molecule has 10 heteroatoms. The van der Waals surface area contributed by atoms with Crippen LogP contribution in [0.15, 0.2) is 48.5 Å². The number of carbonyl (C=O) groups excluding carboxylic acids is 2. The minimum Gasteiger partial charge on any atom is -0.480 e. The number of aliphatic carboxylic acids is 2. The molecule has 2 atom stereocenters. The number of hydrogen-bond acceptors (Lipinski definition) is 6. The third-order valence-electron chi connectivity index (χ3n) is 5.82. The topological polar surface area (TPSA) is 150 Å². The number of rotatable bonds is 11. The Balaban J connectivity index is 1.79. The van der Waals surface area contributed by atoms with Gasteiger partial charge in [0.1, 0.15) is 18.6 Å². The van der Waals surface area contributed by atoms with Gasteiger partial charge in [-0.25, -0.2) is 0 Å². The molecule has 34 heavy (non-hydrogen) atoms. The number of thiol groups is 1. The molecule has 1 aliphatic rings. The second-order valence-electron chi connectivity index (χ2n) is 8.13. The molecule has 0 saturated heterocycles. The van der Waals surface area contributed by atoms with Crippen LogP contribution in [0.5, 0.6) is 0 Å². The van der Waals surface area contributed by atoms with Gasteiger partial charge in [0.2, 0.25) is 11.8 Å². The number of nitrogens with two attached hydrogens (primary N) is 1. The molecule has 0 fully saturated rings. The molecule has 2 aromatic carbocycles. The molecule has 0 bridgehead atoms. The maximum absolute atomic E-state index is 13.3. The molecule has 0 saturated carbocycles. The highest BCUT2D eigenvalue weighted by molar-refractivity contribution is 7.80. The minimum atomic E-state index is -1.22. The summed E-state index contributed by atoms with van der Waals surface area (Å²) in [5.41, 5.74) is 9.51. The van der Waals surface area contributed by atoms with Gasteiger partial charge in [-0.05, 0) is 28.7 Å². The molecule has 3 rings (SSSR count). The third-order valence-corrected chi connectivity index (χ3v) is 6.18. The van der Waals surface area contributed by atoms with Crippen molar-refractivity contribution in [3.05, 3.63) is 59.7 Å². The zero-order chi connectivity index (χ0) is 24.8. The van der Waals surface area contributed by atoms with E-state index in [9.17, 15) is 24.3 Å². The minimum absolute atomic E-state index is 0.0521. The second kappa shape index (κ2) is 11.2. The molecule has 0 heterocycles. The van der Waals surface area contributed by atoms with Gasteiger partial charge in [0.05, 0.1) is 0 Å². The van der Waals surface area contributed by atoms with Crippen molar-refractivity contribution in [3.63, 3.8) is 0 Å². The van der Waals surface area contributed by atoms with Crippen LogP contribution in [0, 0.1) is 0 Å². The van der Waals surface area contributed by atoms with E-state index in [1.54, 1.807) is 0 Å². The molecule has 2 amide bonds. The Morgan fingerprint density at radius 2 is 1.56 bits per heavy atom. The zero-order valence-corrected chi connectivity index (χ0v) is 19.3. The summed E-state index contributed by atoms with van der Waals surface area (Å²) in [4.78, 5) is 49.2. The third kappa shape index (κ3) is 5.75. The summed E-state index contributed by atoms with van der Waals surface area (Å²) < 4.78 is 0. The van der Waals surface area contributed by atoms with Crippen LogP contribution >= 0.6 is 12.6 Å². The smallest absolute Gasteiger partial charge is 0.323 e. The van der Waals surface area contributed by atoms with Crippen molar-refractivity contribution in [1.82, 2.24) is 10.2 Å². The Labute approximate surface area is 202 Å². The van der Waals surface area contributed by atoms with E-state index in [4.69, 9.17) is 10.8 Å². The molecule has 0 radical (unpaired) electrons. The quantitative estimate of drug-likeness (QED) is 0.301. The van der Waals surface area contributed by atoms with Crippen molar-refractivity contribution in [1.29, 1.82) is 0 Å². The maximum Gasteiger partial charge on any atom is 0.323 e. The highest BCUT2D eigenvalue weighted by Crippen LogP contribution is 2.44. The molecule has 0 spiro atoms. The first-order chi connectivity index (χ1) is 16.2. The predicted molar refractivity (Wildman–Crippen MR) is 129 cm³/mol. The van der Waals surface area contributed by atoms with Gasteiger partial charge < -0.3 is 26.2 Å². The fraction of sp³-hybridized carbons (Fsp3) is 0.333. The Bertz CT molecular complexity index is 1050. The summed E-state index contributed by atoms with van der Waals surface area (Å²) in [5, 5.41) is 20.8. The summed E-state index contributed by atoms with van der Waals surface area (Å²) >= 11 is 4.17. The Morgan fingerprint density at radius 3 is 2.06 bits per heavy atom. The van der Waals surface area contributed by atoms with E-state index in [1.807, 2.05) is 48.5 Å². The number of carboxylic acids is 2. The molecular weight excluding hydrogens is 458 g/mol. The number of amides is 2. The highest BCUT2D eigenvalue weighted by atomic mass is 32.1. The standard InChI is InChI=1S/C24H27N3O6S/c25-19(24(32)33)9-10-21(28)26-20(13-34)23(31)27(12-22(29)30)11-18-16-7-3-1-5-14(16)15-6-2-4-8-17(15)18/h1-8,18-20,34H,9-13,25H2,(H,26,28)(H,29,30)(H,32,33)/t19-,20-/m0/s1. The van der Waals surface area contributed by atoms with Crippen LogP contribution in [-0.4, -0.2) is 69.8 Å². The molecule has 9 nitrogen and oxygen atoms in total. The zero-order valence-electron chi connectivity index (χ0n) is 18.4. The van der Waals surface area contributed by atoms with Gasteiger partial charge in [0, 0.05) is 24.6 Å². The van der Waals surface area contributed by atoms with E-state index in [0.717, 1.165) is 22.3 Å². The first-order valence-electron chi connectivity index (χ1n) is 10.8. The van der Waals surface area contributed by atoms with Gasteiger partial charge in [-0.1, -0.05) is 48.5 Å². The normalized spacial score (nSPS) is 13.9. The largest absolute Gasteiger partial charge is 0.480 e. The van der Waals surface area contributed by atoms with E-state index >= 15 is 0 Å². The van der Waals surface area contributed by atoms with Crippen molar-refractivity contribution in [3.8, 4) is 11.1 Å². The van der Waals surface area contributed by atoms with Crippen LogP contribution in [0.4, 0.5) is 0 Å². The Kier molecular flexibility index (Phi) is 8.30. The van der Waals surface area contributed by atoms with Crippen molar-refractivity contribution in [2.24, 2.45) is 5.73 Å². The highest BCUT2D eigenvalue weighted by Gasteiger charge is 2.34. The first-order valence-corrected chi connectivity index (χ1v) is 11.4. The molecule has 5 N–H and O–H groups in total. The maximum atomic E-state index is 13.3. The molecule has 2 aromatic rings. The Morgan fingerprint density at radius 1 is 1.00 bits per heavy atom. The lowest BCUT2D eigenvalue weighted by molar-refractivity contribution is -0.145. The molecule has 1 aliphatic carbocycles. The van der Waals surface area contributed by atoms with E-state index in [-0.39, 0.29) is 31.1 Å². The van der Waals surface area contributed by atoms with Gasteiger partial charge in [-0.2, -0.15) is 12.6 Å². The number of carboxylic acid groups (broad SMARTS) is 2. The summed E-state index contributed by atoms with van der Waals surface area (Å²) in [6.45, 7) is -0.424. The van der Waals surface area contributed by atoms with Crippen LogP contribution in [0.1, 0.15) is 29.9 Å². The van der Waals surface area contributed by atoms with E-state index in [2.05, 4.69) is 17.9 Å². The lowest BCUT2D eigenvalue weighted by atomic mass is 9.96. The van der Waals surface area contributed by atoms with Crippen LogP contribution in [0.3, 0.4) is 0 Å². The lowest BCUT2D eigenvalue weighted by Gasteiger charge is -2.29. The van der Waals surface area contributed by atoms with Crippen LogP contribution < -0.4 is 11.1 Å². The molecule has 180 valence electrons. The molecular formula is C24H27N3O6S. The number of hydrogen-bond donors (Lipinski definition) is 5.